The Morgan fingerprint density at radius 1 is 1.03 bits per heavy atom. The Morgan fingerprint density at radius 3 is 2.74 bits per heavy atom. The standard InChI is InChI=1S/C31H33N3O/c1-3-5-17-32-31(35)21-13-15-27-25(19-21)22-10-8-11-24(22)30(33-27)20-14-16-29-26(18-20)23-9-6-7-12-28(23)34(29)4-2/h6-10,12-16,18-19,22,24,30,33H,3-5,11,17H2,1-2H3,(H,32,35). The summed E-state index contributed by atoms with van der Waals surface area (Å²) in [4.78, 5) is 12.7. The van der Waals surface area contributed by atoms with Gasteiger partial charge in [0.05, 0.1) is 6.04 Å². The SMILES string of the molecule is CCCCNC(=O)c1ccc2c(c1)C1C=CCC1C(c1ccc3c(c1)c1ccccc1n3CC)N2. The normalized spacial score (nSPS) is 20.6. The number of hydrogen-bond donors (Lipinski definition) is 2. The molecule has 0 radical (unpaired) electrons. The minimum absolute atomic E-state index is 0.0275. The Labute approximate surface area is 207 Å². The molecule has 2 heterocycles. The minimum Gasteiger partial charge on any atom is -0.378 e. The fourth-order valence-corrected chi connectivity index (χ4v) is 6.15. The summed E-state index contributed by atoms with van der Waals surface area (Å²) in [6.45, 7) is 6.04. The quantitative estimate of drug-likeness (QED) is 0.235. The Hall–Kier alpha value is -3.53. The molecule has 1 aliphatic carbocycles. The van der Waals surface area contributed by atoms with Gasteiger partial charge in [-0.15, -0.1) is 0 Å². The number of rotatable bonds is 6. The van der Waals surface area contributed by atoms with Gasteiger partial charge in [-0.3, -0.25) is 4.79 Å². The first kappa shape index (κ1) is 22.0. The summed E-state index contributed by atoms with van der Waals surface area (Å²) < 4.78 is 2.41. The van der Waals surface area contributed by atoms with Crippen molar-refractivity contribution in [2.24, 2.45) is 5.92 Å². The van der Waals surface area contributed by atoms with Crippen molar-refractivity contribution in [1.29, 1.82) is 0 Å². The number of aryl methyl sites for hydroxylation is 1. The summed E-state index contributed by atoms with van der Waals surface area (Å²) in [7, 11) is 0. The van der Waals surface area contributed by atoms with Crippen molar-refractivity contribution in [3.63, 3.8) is 0 Å². The maximum absolute atomic E-state index is 12.7. The van der Waals surface area contributed by atoms with Crippen LogP contribution in [0, 0.1) is 5.92 Å². The van der Waals surface area contributed by atoms with E-state index >= 15 is 0 Å². The van der Waals surface area contributed by atoms with Crippen LogP contribution in [0.25, 0.3) is 21.8 Å². The largest absolute Gasteiger partial charge is 0.378 e. The number of unbranched alkanes of at least 4 members (excludes halogenated alkanes) is 1. The van der Waals surface area contributed by atoms with E-state index in [1.165, 1.54) is 32.9 Å². The van der Waals surface area contributed by atoms with Gasteiger partial charge in [0.2, 0.25) is 0 Å². The third-order valence-electron chi connectivity index (χ3n) is 7.91. The number of allylic oxidation sites excluding steroid dienone is 2. The van der Waals surface area contributed by atoms with Crippen molar-refractivity contribution in [3.05, 3.63) is 89.5 Å². The molecule has 0 saturated heterocycles. The van der Waals surface area contributed by atoms with Crippen molar-refractivity contribution in [3.8, 4) is 0 Å². The Morgan fingerprint density at radius 2 is 1.89 bits per heavy atom. The number of carbonyl (C=O) groups is 1. The molecule has 178 valence electrons. The van der Waals surface area contributed by atoms with E-state index in [4.69, 9.17) is 0 Å². The Balaban J connectivity index is 1.37. The van der Waals surface area contributed by atoms with Gasteiger partial charge in [0.25, 0.3) is 5.91 Å². The number of anilines is 1. The fraction of sp³-hybridized carbons (Fsp3) is 0.323. The lowest BCUT2D eigenvalue weighted by molar-refractivity contribution is 0.0953. The van der Waals surface area contributed by atoms with E-state index < -0.39 is 0 Å². The van der Waals surface area contributed by atoms with Crippen molar-refractivity contribution < 1.29 is 4.79 Å². The molecule has 4 aromatic rings. The minimum atomic E-state index is 0.0275. The molecule has 0 spiro atoms. The highest BCUT2D eigenvalue weighted by atomic mass is 16.1. The molecule has 35 heavy (non-hydrogen) atoms. The average Bonchev–Trinajstić information content (AvgIpc) is 3.51. The number of benzene rings is 3. The van der Waals surface area contributed by atoms with Crippen LogP contribution in [0.2, 0.25) is 0 Å². The molecule has 3 atom stereocenters. The van der Waals surface area contributed by atoms with Gasteiger partial charge in [0.1, 0.15) is 0 Å². The number of aromatic nitrogens is 1. The van der Waals surface area contributed by atoms with Crippen LogP contribution in [0.4, 0.5) is 5.69 Å². The molecule has 0 bridgehead atoms. The summed E-state index contributed by atoms with van der Waals surface area (Å²) in [6, 6.07) is 22.1. The first-order valence-corrected chi connectivity index (χ1v) is 13.1. The summed E-state index contributed by atoms with van der Waals surface area (Å²) >= 11 is 0. The summed E-state index contributed by atoms with van der Waals surface area (Å²) in [6.07, 6.45) is 7.79. The van der Waals surface area contributed by atoms with Crippen LogP contribution in [-0.2, 0) is 6.54 Å². The summed E-state index contributed by atoms with van der Waals surface area (Å²) in [5.41, 5.74) is 7.08. The zero-order chi connectivity index (χ0) is 23.9. The molecule has 0 saturated carbocycles. The number of amides is 1. The average molecular weight is 464 g/mol. The first-order valence-electron chi connectivity index (χ1n) is 13.1. The first-order chi connectivity index (χ1) is 17.2. The molecule has 6 rings (SSSR count). The lowest BCUT2D eigenvalue weighted by Crippen LogP contribution is -2.30. The number of nitrogens with one attached hydrogen (secondary N) is 2. The van der Waals surface area contributed by atoms with Gasteiger partial charge in [0, 0.05) is 52.1 Å². The van der Waals surface area contributed by atoms with E-state index in [9.17, 15) is 4.79 Å². The lowest BCUT2D eigenvalue weighted by Gasteiger charge is -2.37. The van der Waals surface area contributed by atoms with Crippen LogP contribution in [0.1, 0.15) is 66.6 Å². The number of carbonyl (C=O) groups excluding carboxylic acids is 1. The topological polar surface area (TPSA) is 46.1 Å². The van der Waals surface area contributed by atoms with Crippen molar-refractivity contribution in [1.82, 2.24) is 9.88 Å². The molecule has 2 aliphatic rings. The van der Waals surface area contributed by atoms with E-state index in [0.717, 1.165) is 43.6 Å². The highest BCUT2D eigenvalue weighted by molar-refractivity contribution is 6.08. The predicted octanol–water partition coefficient (Wildman–Crippen LogP) is 7.17. The van der Waals surface area contributed by atoms with Crippen LogP contribution in [0.5, 0.6) is 0 Å². The second-order valence-electron chi connectivity index (χ2n) is 9.92. The zero-order valence-corrected chi connectivity index (χ0v) is 20.6. The van der Waals surface area contributed by atoms with Gasteiger partial charge < -0.3 is 15.2 Å². The Kier molecular flexibility index (Phi) is 5.60. The highest BCUT2D eigenvalue weighted by Crippen LogP contribution is 2.50. The summed E-state index contributed by atoms with van der Waals surface area (Å²) in [5.74, 6) is 0.796. The molecule has 0 fully saturated rings. The molecule has 4 nitrogen and oxygen atoms in total. The van der Waals surface area contributed by atoms with Gasteiger partial charge in [-0.05, 0) is 73.2 Å². The number of hydrogen-bond acceptors (Lipinski definition) is 2. The molecule has 2 N–H and O–H groups in total. The van der Waals surface area contributed by atoms with Gasteiger partial charge in [-0.1, -0.05) is 49.8 Å². The van der Waals surface area contributed by atoms with Crippen LogP contribution >= 0.6 is 0 Å². The molecule has 4 heteroatoms. The second kappa shape index (κ2) is 8.92. The van der Waals surface area contributed by atoms with Gasteiger partial charge >= 0.3 is 0 Å². The van der Waals surface area contributed by atoms with Crippen molar-refractivity contribution in [2.75, 3.05) is 11.9 Å². The molecular formula is C31H33N3O. The monoisotopic (exact) mass is 463 g/mol. The second-order valence-corrected chi connectivity index (χ2v) is 9.92. The van der Waals surface area contributed by atoms with Crippen LogP contribution in [0.3, 0.4) is 0 Å². The van der Waals surface area contributed by atoms with E-state index in [1.54, 1.807) is 0 Å². The molecule has 3 unspecified atom stereocenters. The maximum Gasteiger partial charge on any atom is 0.251 e. The van der Waals surface area contributed by atoms with Crippen molar-refractivity contribution >= 4 is 33.4 Å². The Bertz CT molecular complexity index is 1450. The number of para-hydroxylation sites is 1. The van der Waals surface area contributed by atoms with Crippen LogP contribution < -0.4 is 10.6 Å². The summed E-state index contributed by atoms with van der Waals surface area (Å²) in [5, 5.41) is 9.57. The highest BCUT2D eigenvalue weighted by Gasteiger charge is 2.38. The lowest BCUT2D eigenvalue weighted by atomic mass is 9.76. The molecule has 1 aliphatic heterocycles. The van der Waals surface area contributed by atoms with E-state index in [1.807, 2.05) is 6.07 Å². The third-order valence-corrected chi connectivity index (χ3v) is 7.91. The molecule has 1 amide bonds. The predicted molar refractivity (Wildman–Crippen MR) is 145 cm³/mol. The molecule has 1 aromatic heterocycles. The van der Waals surface area contributed by atoms with Crippen LogP contribution in [0.15, 0.2) is 72.8 Å². The number of fused-ring (bicyclic) bond motifs is 6. The maximum atomic E-state index is 12.7. The zero-order valence-electron chi connectivity index (χ0n) is 20.6. The molecule has 3 aromatic carbocycles. The van der Waals surface area contributed by atoms with Gasteiger partial charge in [-0.2, -0.15) is 0 Å². The number of nitrogens with zero attached hydrogens (tertiary/aromatic N) is 1. The molecular weight excluding hydrogens is 430 g/mol. The van der Waals surface area contributed by atoms with Gasteiger partial charge in [-0.25, -0.2) is 0 Å². The van der Waals surface area contributed by atoms with Gasteiger partial charge in [0.15, 0.2) is 0 Å². The fourth-order valence-electron chi connectivity index (χ4n) is 6.15. The third kappa shape index (κ3) is 3.63. The van der Waals surface area contributed by atoms with E-state index in [2.05, 4.69) is 95.8 Å². The smallest absolute Gasteiger partial charge is 0.251 e. The van der Waals surface area contributed by atoms with Crippen LogP contribution in [-0.4, -0.2) is 17.0 Å². The van der Waals surface area contributed by atoms with E-state index in [0.29, 0.717) is 11.8 Å². The van der Waals surface area contributed by atoms with Crippen molar-refractivity contribution in [2.45, 2.75) is 51.6 Å². The van der Waals surface area contributed by atoms with E-state index in [-0.39, 0.29) is 11.9 Å².